The van der Waals surface area contributed by atoms with Crippen LogP contribution >= 0.6 is 0 Å². The third-order valence-electron chi connectivity index (χ3n) is 3.95. The van der Waals surface area contributed by atoms with Gasteiger partial charge >= 0.3 is 0 Å². The highest BCUT2D eigenvalue weighted by atomic mass is 19.1. The Hall–Kier alpha value is -1.91. The molecule has 1 aliphatic carbocycles. The number of hydrogen-bond donors (Lipinski definition) is 2. The number of aryl methyl sites for hydroxylation is 1. The molecule has 114 valence electrons. The van der Waals surface area contributed by atoms with E-state index in [1.54, 1.807) is 19.1 Å². The summed E-state index contributed by atoms with van der Waals surface area (Å²) in [5.41, 5.74) is 0.943. The lowest BCUT2D eigenvalue weighted by Gasteiger charge is -2.23. The van der Waals surface area contributed by atoms with Crippen molar-refractivity contribution in [2.75, 3.05) is 5.32 Å². The van der Waals surface area contributed by atoms with E-state index in [4.69, 9.17) is 0 Å². The fourth-order valence-electron chi connectivity index (χ4n) is 2.80. The van der Waals surface area contributed by atoms with Crippen LogP contribution < -0.4 is 10.6 Å². The van der Waals surface area contributed by atoms with E-state index in [0.717, 1.165) is 25.7 Å². The van der Waals surface area contributed by atoms with Crippen molar-refractivity contribution in [2.24, 2.45) is 5.92 Å². The van der Waals surface area contributed by atoms with Crippen molar-refractivity contribution in [3.63, 3.8) is 0 Å². The molecule has 1 atom stereocenters. The van der Waals surface area contributed by atoms with Crippen LogP contribution in [0.2, 0.25) is 0 Å². The first kappa shape index (κ1) is 15.5. The molecule has 2 amide bonds. The molecule has 0 unspecified atom stereocenters. The highest BCUT2D eigenvalue weighted by Crippen LogP contribution is 2.28. The normalized spacial score (nSPS) is 16.5. The van der Waals surface area contributed by atoms with Crippen LogP contribution in [0.1, 0.15) is 38.2 Å². The van der Waals surface area contributed by atoms with Gasteiger partial charge in [-0.2, -0.15) is 0 Å². The summed E-state index contributed by atoms with van der Waals surface area (Å²) in [6, 6.07) is 4.03. The van der Waals surface area contributed by atoms with Gasteiger partial charge in [-0.25, -0.2) is 4.39 Å². The average molecular weight is 292 g/mol. The molecule has 1 aromatic rings. The Balaban J connectivity index is 2.09. The number of nitrogens with one attached hydrogen (secondary N) is 2. The van der Waals surface area contributed by atoms with E-state index < -0.39 is 6.04 Å². The summed E-state index contributed by atoms with van der Waals surface area (Å²) in [5, 5.41) is 5.42. The van der Waals surface area contributed by atoms with Gasteiger partial charge in [-0.05, 0) is 43.4 Å². The third kappa shape index (κ3) is 4.03. The van der Waals surface area contributed by atoms with E-state index in [9.17, 15) is 14.0 Å². The summed E-state index contributed by atoms with van der Waals surface area (Å²) in [4.78, 5) is 23.7. The van der Waals surface area contributed by atoms with Gasteiger partial charge in [0.1, 0.15) is 11.9 Å². The first-order valence-corrected chi connectivity index (χ1v) is 7.31. The molecule has 0 saturated heterocycles. The smallest absolute Gasteiger partial charge is 0.247 e. The van der Waals surface area contributed by atoms with Crippen molar-refractivity contribution in [3.05, 3.63) is 29.6 Å². The molecule has 4 nitrogen and oxygen atoms in total. The Morgan fingerprint density at radius 2 is 1.95 bits per heavy atom. The Kier molecular flexibility index (Phi) is 4.94. The second-order valence-corrected chi connectivity index (χ2v) is 5.68. The van der Waals surface area contributed by atoms with Gasteiger partial charge in [-0.15, -0.1) is 0 Å². The molecule has 0 heterocycles. The van der Waals surface area contributed by atoms with Crippen LogP contribution in [0.3, 0.4) is 0 Å². The zero-order chi connectivity index (χ0) is 15.4. The highest BCUT2D eigenvalue weighted by molar-refractivity contribution is 5.97. The molecule has 1 fully saturated rings. The molecule has 5 heteroatoms. The summed E-state index contributed by atoms with van der Waals surface area (Å²) in [6.07, 6.45) is 4.02. The zero-order valence-electron chi connectivity index (χ0n) is 12.4. The predicted molar refractivity (Wildman–Crippen MR) is 79.3 cm³/mol. The summed E-state index contributed by atoms with van der Waals surface area (Å²) >= 11 is 0. The predicted octanol–water partition coefficient (Wildman–Crippen LogP) is 2.77. The van der Waals surface area contributed by atoms with Crippen molar-refractivity contribution in [2.45, 2.75) is 45.6 Å². The van der Waals surface area contributed by atoms with E-state index in [1.165, 1.54) is 13.0 Å². The number of rotatable bonds is 4. The lowest BCUT2D eigenvalue weighted by Crippen LogP contribution is -2.47. The van der Waals surface area contributed by atoms with Crippen LogP contribution in [-0.4, -0.2) is 17.9 Å². The minimum absolute atomic E-state index is 0.157. The number of anilines is 1. The van der Waals surface area contributed by atoms with Gasteiger partial charge in [0.25, 0.3) is 0 Å². The number of amides is 2. The molecule has 0 radical (unpaired) electrons. The van der Waals surface area contributed by atoms with Crippen molar-refractivity contribution >= 4 is 17.5 Å². The first-order valence-electron chi connectivity index (χ1n) is 7.31. The lowest BCUT2D eigenvalue weighted by atomic mass is 9.97. The molecular weight excluding hydrogens is 271 g/mol. The second-order valence-electron chi connectivity index (χ2n) is 5.68. The summed E-state index contributed by atoms with van der Waals surface area (Å²) in [5.74, 6) is -0.702. The summed E-state index contributed by atoms with van der Waals surface area (Å²) in [6.45, 7) is 3.07. The minimum Gasteiger partial charge on any atom is -0.344 e. The maximum Gasteiger partial charge on any atom is 0.247 e. The van der Waals surface area contributed by atoms with Crippen molar-refractivity contribution < 1.29 is 14.0 Å². The van der Waals surface area contributed by atoms with E-state index in [-0.39, 0.29) is 23.5 Å². The molecule has 0 aliphatic heterocycles. The number of halogens is 1. The van der Waals surface area contributed by atoms with Gasteiger partial charge in [0.2, 0.25) is 11.8 Å². The minimum atomic E-state index is -0.547. The third-order valence-corrected chi connectivity index (χ3v) is 3.95. The second kappa shape index (κ2) is 6.70. The molecule has 0 spiro atoms. The molecule has 2 rings (SSSR count). The molecule has 1 aromatic carbocycles. The van der Waals surface area contributed by atoms with Gasteiger partial charge in [-0.1, -0.05) is 18.9 Å². The molecular formula is C16H21FN2O2. The average Bonchev–Trinajstić information content (AvgIpc) is 2.93. The fraction of sp³-hybridized carbons (Fsp3) is 0.500. The topological polar surface area (TPSA) is 58.2 Å². The zero-order valence-corrected chi connectivity index (χ0v) is 12.4. The van der Waals surface area contributed by atoms with Gasteiger partial charge in [0, 0.05) is 12.6 Å². The van der Waals surface area contributed by atoms with E-state index in [2.05, 4.69) is 10.6 Å². The fourth-order valence-corrected chi connectivity index (χ4v) is 2.80. The highest BCUT2D eigenvalue weighted by Gasteiger charge is 2.31. The SMILES string of the molecule is CC(=O)N[C@H](C(=O)Nc1ccc(C)c(F)c1)C1CCCC1. The largest absolute Gasteiger partial charge is 0.344 e. The van der Waals surface area contributed by atoms with Gasteiger partial charge in [0.05, 0.1) is 0 Å². The van der Waals surface area contributed by atoms with E-state index in [0.29, 0.717) is 11.3 Å². The van der Waals surface area contributed by atoms with Crippen LogP contribution in [0.25, 0.3) is 0 Å². The Morgan fingerprint density at radius 3 is 2.52 bits per heavy atom. The standard InChI is InChI=1S/C16H21FN2O2/c1-10-7-8-13(9-14(10)17)19-16(21)15(18-11(2)20)12-5-3-4-6-12/h7-9,12,15H,3-6H2,1-2H3,(H,18,20)(H,19,21)/t15-/m0/s1. The van der Waals surface area contributed by atoms with E-state index >= 15 is 0 Å². The molecule has 21 heavy (non-hydrogen) atoms. The van der Waals surface area contributed by atoms with Gasteiger partial charge < -0.3 is 10.6 Å². The summed E-state index contributed by atoms with van der Waals surface area (Å²) < 4.78 is 13.5. The quantitative estimate of drug-likeness (QED) is 0.896. The number of carbonyl (C=O) groups is 2. The van der Waals surface area contributed by atoms with Crippen molar-refractivity contribution in [1.29, 1.82) is 0 Å². The van der Waals surface area contributed by atoms with Crippen LogP contribution in [0, 0.1) is 18.7 Å². The Labute approximate surface area is 124 Å². The van der Waals surface area contributed by atoms with Gasteiger partial charge in [-0.3, -0.25) is 9.59 Å². The number of carbonyl (C=O) groups excluding carboxylic acids is 2. The lowest BCUT2D eigenvalue weighted by molar-refractivity contribution is -0.126. The maximum atomic E-state index is 13.5. The first-order chi connectivity index (χ1) is 9.97. The maximum absolute atomic E-state index is 13.5. The molecule has 2 N–H and O–H groups in total. The number of hydrogen-bond acceptors (Lipinski definition) is 2. The van der Waals surface area contributed by atoms with E-state index in [1.807, 2.05) is 0 Å². The van der Waals surface area contributed by atoms with Crippen LogP contribution in [0.15, 0.2) is 18.2 Å². The Bertz CT molecular complexity index is 539. The van der Waals surface area contributed by atoms with Crippen LogP contribution in [0.4, 0.5) is 10.1 Å². The molecule has 1 aliphatic rings. The van der Waals surface area contributed by atoms with Crippen molar-refractivity contribution in [3.8, 4) is 0 Å². The van der Waals surface area contributed by atoms with Crippen LogP contribution in [-0.2, 0) is 9.59 Å². The van der Waals surface area contributed by atoms with Crippen molar-refractivity contribution in [1.82, 2.24) is 5.32 Å². The molecule has 0 bridgehead atoms. The molecule has 0 aromatic heterocycles. The summed E-state index contributed by atoms with van der Waals surface area (Å²) in [7, 11) is 0. The monoisotopic (exact) mass is 292 g/mol. The molecule has 1 saturated carbocycles. The number of benzene rings is 1. The Morgan fingerprint density at radius 1 is 1.29 bits per heavy atom. The van der Waals surface area contributed by atoms with Gasteiger partial charge in [0.15, 0.2) is 0 Å². The van der Waals surface area contributed by atoms with Crippen LogP contribution in [0.5, 0.6) is 0 Å².